The Morgan fingerprint density at radius 3 is 2.58 bits per heavy atom. The topological polar surface area (TPSA) is 64.9 Å². The Bertz CT molecular complexity index is 597. The van der Waals surface area contributed by atoms with Gasteiger partial charge in [-0.3, -0.25) is 0 Å². The Labute approximate surface area is 114 Å². The fraction of sp³-hybridized carbons (Fsp3) is 0.273. The zero-order valence-electron chi connectivity index (χ0n) is 9.70. The van der Waals surface area contributed by atoms with Crippen LogP contribution in [0, 0.1) is 6.92 Å². The van der Waals surface area contributed by atoms with Gasteiger partial charge in [-0.2, -0.15) is 18.2 Å². The second-order valence-corrected chi connectivity index (χ2v) is 4.80. The summed E-state index contributed by atoms with van der Waals surface area (Å²) in [5.41, 5.74) is 7.34. The van der Waals surface area contributed by atoms with Gasteiger partial charge >= 0.3 is 12.1 Å². The van der Waals surface area contributed by atoms with Crippen LogP contribution in [-0.2, 0) is 6.18 Å². The number of aromatic nitrogens is 2. The molecule has 0 fully saturated rings. The highest BCUT2D eigenvalue weighted by Gasteiger charge is 2.39. The third-order valence-electron chi connectivity index (χ3n) is 2.50. The smallest absolute Gasteiger partial charge is 0.329 e. The second-order valence-electron chi connectivity index (χ2n) is 3.94. The number of benzene rings is 1. The van der Waals surface area contributed by atoms with E-state index in [1.807, 2.05) is 6.92 Å². The molecule has 1 heterocycles. The highest BCUT2D eigenvalue weighted by atomic mass is 79.9. The zero-order valence-corrected chi connectivity index (χ0v) is 11.3. The fourth-order valence-corrected chi connectivity index (χ4v) is 1.73. The first-order valence-corrected chi connectivity index (χ1v) is 6.01. The molecule has 1 unspecified atom stereocenters. The summed E-state index contributed by atoms with van der Waals surface area (Å²) < 4.78 is 42.1. The summed E-state index contributed by atoms with van der Waals surface area (Å²) >= 11 is 3.33. The lowest BCUT2D eigenvalue weighted by atomic mass is 10.0. The SMILES string of the molecule is Cc1cc(C(N)c2noc(C(F)(F)F)n2)ccc1Br. The molecule has 0 aliphatic carbocycles. The van der Waals surface area contributed by atoms with Crippen molar-refractivity contribution in [1.29, 1.82) is 0 Å². The maximum Gasteiger partial charge on any atom is 0.471 e. The Kier molecular flexibility index (Phi) is 3.64. The number of aryl methyl sites for hydroxylation is 1. The molecule has 2 aromatic rings. The molecule has 1 aromatic heterocycles. The average Bonchev–Trinajstić information content (AvgIpc) is 2.81. The molecule has 0 amide bonds. The molecule has 2 rings (SSSR count). The van der Waals surface area contributed by atoms with Crippen LogP contribution in [0.25, 0.3) is 0 Å². The normalized spacial score (nSPS) is 13.6. The van der Waals surface area contributed by atoms with E-state index in [1.165, 1.54) is 0 Å². The van der Waals surface area contributed by atoms with Crippen LogP contribution >= 0.6 is 15.9 Å². The molecule has 0 aliphatic heterocycles. The summed E-state index contributed by atoms with van der Waals surface area (Å²) in [6, 6.07) is 4.32. The molecule has 1 aromatic carbocycles. The number of nitrogens with zero attached hydrogens (tertiary/aromatic N) is 2. The quantitative estimate of drug-likeness (QED) is 0.915. The van der Waals surface area contributed by atoms with Crippen LogP contribution in [0.2, 0.25) is 0 Å². The van der Waals surface area contributed by atoms with Gasteiger partial charge in [0, 0.05) is 4.47 Å². The van der Waals surface area contributed by atoms with Gasteiger partial charge in [0.2, 0.25) is 0 Å². The average molecular weight is 336 g/mol. The molecular formula is C11H9BrF3N3O. The van der Waals surface area contributed by atoms with Gasteiger partial charge in [-0.25, -0.2) is 0 Å². The highest BCUT2D eigenvalue weighted by Crippen LogP contribution is 2.29. The molecular weight excluding hydrogens is 327 g/mol. The minimum Gasteiger partial charge on any atom is -0.329 e. The van der Waals surface area contributed by atoms with Gasteiger partial charge in [-0.05, 0) is 24.1 Å². The van der Waals surface area contributed by atoms with E-state index in [1.54, 1.807) is 18.2 Å². The Hall–Kier alpha value is -1.41. The van der Waals surface area contributed by atoms with Gasteiger partial charge in [0.1, 0.15) is 0 Å². The van der Waals surface area contributed by atoms with Crippen LogP contribution < -0.4 is 5.73 Å². The Morgan fingerprint density at radius 1 is 1.37 bits per heavy atom. The lowest BCUT2D eigenvalue weighted by Crippen LogP contribution is -2.14. The molecule has 2 N–H and O–H groups in total. The first kappa shape index (κ1) is 14.0. The van der Waals surface area contributed by atoms with E-state index in [-0.39, 0.29) is 5.82 Å². The molecule has 4 nitrogen and oxygen atoms in total. The van der Waals surface area contributed by atoms with E-state index in [2.05, 4.69) is 30.6 Å². The number of nitrogens with two attached hydrogens (primary N) is 1. The summed E-state index contributed by atoms with van der Waals surface area (Å²) in [6.07, 6.45) is -4.67. The summed E-state index contributed by atoms with van der Waals surface area (Å²) in [5, 5.41) is 3.27. The molecule has 0 bridgehead atoms. The molecule has 0 radical (unpaired) electrons. The minimum absolute atomic E-state index is 0.200. The molecule has 0 saturated carbocycles. The van der Waals surface area contributed by atoms with Crippen molar-refractivity contribution in [2.75, 3.05) is 0 Å². The van der Waals surface area contributed by atoms with E-state index < -0.39 is 18.1 Å². The maximum atomic E-state index is 12.3. The van der Waals surface area contributed by atoms with Crippen molar-refractivity contribution in [3.8, 4) is 0 Å². The van der Waals surface area contributed by atoms with Crippen molar-refractivity contribution >= 4 is 15.9 Å². The van der Waals surface area contributed by atoms with Gasteiger partial charge in [-0.1, -0.05) is 33.2 Å². The van der Waals surface area contributed by atoms with Gasteiger partial charge in [-0.15, -0.1) is 0 Å². The molecule has 0 aliphatic rings. The minimum atomic E-state index is -4.67. The molecule has 19 heavy (non-hydrogen) atoms. The van der Waals surface area contributed by atoms with E-state index in [0.717, 1.165) is 10.0 Å². The van der Waals surface area contributed by atoms with Crippen molar-refractivity contribution in [2.45, 2.75) is 19.1 Å². The second kappa shape index (κ2) is 4.93. The maximum absolute atomic E-state index is 12.3. The lowest BCUT2D eigenvalue weighted by Gasteiger charge is -2.09. The van der Waals surface area contributed by atoms with Crippen LogP contribution in [0.3, 0.4) is 0 Å². The number of alkyl halides is 3. The fourth-order valence-electron chi connectivity index (χ4n) is 1.49. The van der Waals surface area contributed by atoms with E-state index in [9.17, 15) is 13.2 Å². The van der Waals surface area contributed by atoms with Crippen LogP contribution in [0.5, 0.6) is 0 Å². The standard InChI is InChI=1S/C11H9BrF3N3O/c1-5-4-6(2-3-7(5)12)8(16)9-17-10(19-18-9)11(13,14)15/h2-4,8H,16H2,1H3. The van der Waals surface area contributed by atoms with E-state index in [0.29, 0.717) is 5.56 Å². The summed E-state index contributed by atoms with van der Waals surface area (Å²) in [7, 11) is 0. The molecule has 0 saturated heterocycles. The Balaban J connectivity index is 2.31. The first-order chi connectivity index (χ1) is 8.79. The van der Waals surface area contributed by atoms with Crippen LogP contribution in [0.15, 0.2) is 27.2 Å². The molecule has 8 heteroatoms. The molecule has 102 valence electrons. The van der Waals surface area contributed by atoms with Gasteiger partial charge in [0.05, 0.1) is 6.04 Å². The summed E-state index contributed by atoms with van der Waals surface area (Å²) in [6.45, 7) is 1.84. The summed E-state index contributed by atoms with van der Waals surface area (Å²) in [4.78, 5) is 3.27. The van der Waals surface area contributed by atoms with Gasteiger partial charge < -0.3 is 10.3 Å². The molecule has 1 atom stereocenters. The first-order valence-electron chi connectivity index (χ1n) is 5.21. The van der Waals surface area contributed by atoms with Gasteiger partial charge in [0.15, 0.2) is 5.82 Å². The van der Waals surface area contributed by atoms with Crippen LogP contribution in [-0.4, -0.2) is 10.1 Å². The van der Waals surface area contributed by atoms with E-state index in [4.69, 9.17) is 5.73 Å². The number of hydrogen-bond donors (Lipinski definition) is 1. The lowest BCUT2D eigenvalue weighted by molar-refractivity contribution is -0.159. The number of halogens is 4. The van der Waals surface area contributed by atoms with E-state index >= 15 is 0 Å². The van der Waals surface area contributed by atoms with Gasteiger partial charge in [0.25, 0.3) is 0 Å². The van der Waals surface area contributed by atoms with Crippen molar-refractivity contribution in [3.05, 3.63) is 45.5 Å². The predicted octanol–water partition coefficient (Wildman–Crippen LogP) is 3.21. The monoisotopic (exact) mass is 335 g/mol. The summed E-state index contributed by atoms with van der Waals surface area (Å²) in [5.74, 6) is -1.60. The third-order valence-corrected chi connectivity index (χ3v) is 3.39. The Morgan fingerprint density at radius 2 is 2.05 bits per heavy atom. The third kappa shape index (κ3) is 2.95. The number of rotatable bonds is 2. The van der Waals surface area contributed by atoms with Crippen molar-refractivity contribution < 1.29 is 17.7 Å². The van der Waals surface area contributed by atoms with Crippen molar-refractivity contribution in [3.63, 3.8) is 0 Å². The van der Waals surface area contributed by atoms with Crippen molar-refractivity contribution in [1.82, 2.24) is 10.1 Å². The highest BCUT2D eigenvalue weighted by molar-refractivity contribution is 9.10. The van der Waals surface area contributed by atoms with Crippen LogP contribution in [0.4, 0.5) is 13.2 Å². The number of hydrogen-bond acceptors (Lipinski definition) is 4. The predicted molar refractivity (Wildman–Crippen MR) is 64.2 cm³/mol. The zero-order chi connectivity index (χ0) is 14.2. The van der Waals surface area contributed by atoms with Crippen LogP contribution in [0.1, 0.15) is 28.9 Å². The molecule has 0 spiro atoms. The largest absolute Gasteiger partial charge is 0.471 e. The van der Waals surface area contributed by atoms with Crippen molar-refractivity contribution in [2.24, 2.45) is 5.73 Å².